The summed E-state index contributed by atoms with van der Waals surface area (Å²) in [7, 11) is 0. The standard InChI is InChI=1S/C19H27FN2O2/c1-19(2,3)24-18(23)16-11-15(13-4-5-13)14(10-17(16)20)12-22-8-6-21-7-9-22/h10-11,13,21H,4-9,12H2,1-3H3. The molecule has 1 N–H and O–H groups in total. The molecule has 132 valence electrons. The lowest BCUT2D eigenvalue weighted by Crippen LogP contribution is -2.43. The number of carbonyl (C=O) groups is 1. The predicted molar refractivity (Wildman–Crippen MR) is 91.7 cm³/mol. The number of nitrogens with zero attached hydrogens (tertiary/aromatic N) is 1. The van der Waals surface area contributed by atoms with Crippen molar-refractivity contribution in [3.8, 4) is 0 Å². The molecular weight excluding hydrogens is 307 g/mol. The van der Waals surface area contributed by atoms with Crippen molar-refractivity contribution < 1.29 is 13.9 Å². The van der Waals surface area contributed by atoms with Crippen molar-refractivity contribution >= 4 is 5.97 Å². The van der Waals surface area contributed by atoms with Gasteiger partial charge in [0.15, 0.2) is 0 Å². The molecule has 0 spiro atoms. The third-order valence-electron chi connectivity index (χ3n) is 4.47. The van der Waals surface area contributed by atoms with Crippen molar-refractivity contribution in [1.29, 1.82) is 0 Å². The van der Waals surface area contributed by atoms with Crippen LogP contribution in [0.4, 0.5) is 4.39 Å². The molecule has 1 saturated heterocycles. The minimum Gasteiger partial charge on any atom is -0.456 e. The molecule has 2 aliphatic rings. The summed E-state index contributed by atoms with van der Waals surface area (Å²) in [6.07, 6.45) is 2.24. The number of ether oxygens (including phenoxy) is 1. The number of nitrogens with one attached hydrogen (secondary N) is 1. The van der Waals surface area contributed by atoms with Gasteiger partial charge in [-0.3, -0.25) is 4.90 Å². The summed E-state index contributed by atoms with van der Waals surface area (Å²) < 4.78 is 19.9. The monoisotopic (exact) mass is 334 g/mol. The number of hydrogen-bond acceptors (Lipinski definition) is 4. The summed E-state index contributed by atoms with van der Waals surface area (Å²) in [6, 6.07) is 3.29. The highest BCUT2D eigenvalue weighted by Gasteiger charge is 2.30. The molecule has 4 nitrogen and oxygen atoms in total. The second-order valence-corrected chi connectivity index (χ2v) is 7.83. The Kier molecular flexibility index (Phi) is 4.92. The maximum Gasteiger partial charge on any atom is 0.341 e. The Morgan fingerprint density at radius 3 is 2.54 bits per heavy atom. The molecule has 0 aromatic heterocycles. The number of hydrogen-bond donors (Lipinski definition) is 1. The lowest BCUT2D eigenvalue weighted by molar-refractivity contribution is 0.00645. The predicted octanol–water partition coefficient (Wildman–Crippen LogP) is 3.06. The van der Waals surface area contributed by atoms with Gasteiger partial charge in [-0.15, -0.1) is 0 Å². The Bertz CT molecular complexity index is 615. The van der Waals surface area contributed by atoms with Crippen molar-refractivity contribution in [3.05, 3.63) is 34.6 Å². The van der Waals surface area contributed by atoms with E-state index in [1.165, 1.54) is 0 Å². The van der Waals surface area contributed by atoms with Gasteiger partial charge in [0.2, 0.25) is 0 Å². The summed E-state index contributed by atoms with van der Waals surface area (Å²) in [4.78, 5) is 14.6. The average Bonchev–Trinajstić information content (AvgIpc) is 3.31. The van der Waals surface area contributed by atoms with Gasteiger partial charge in [0.1, 0.15) is 11.4 Å². The van der Waals surface area contributed by atoms with E-state index in [0.717, 1.165) is 56.7 Å². The van der Waals surface area contributed by atoms with Crippen LogP contribution in [-0.2, 0) is 11.3 Å². The van der Waals surface area contributed by atoms with Crippen LogP contribution in [-0.4, -0.2) is 42.6 Å². The van der Waals surface area contributed by atoms with Crippen molar-refractivity contribution in [3.63, 3.8) is 0 Å². The van der Waals surface area contributed by atoms with Gasteiger partial charge >= 0.3 is 5.97 Å². The minimum absolute atomic E-state index is 0.0656. The number of rotatable bonds is 4. The van der Waals surface area contributed by atoms with Crippen LogP contribution in [0.2, 0.25) is 0 Å². The maximum absolute atomic E-state index is 14.6. The molecule has 0 atom stereocenters. The first kappa shape index (κ1) is 17.4. The molecule has 0 unspecified atom stereocenters. The van der Waals surface area contributed by atoms with E-state index in [4.69, 9.17) is 4.74 Å². The van der Waals surface area contributed by atoms with Crippen LogP contribution in [0.25, 0.3) is 0 Å². The SMILES string of the molecule is CC(C)(C)OC(=O)c1cc(C2CC2)c(CN2CCNCC2)cc1F. The van der Waals surface area contributed by atoms with Crippen LogP contribution < -0.4 is 5.32 Å². The van der Waals surface area contributed by atoms with Gasteiger partial charge in [0.05, 0.1) is 5.56 Å². The van der Waals surface area contributed by atoms with E-state index in [0.29, 0.717) is 5.92 Å². The molecular formula is C19H27FN2O2. The van der Waals surface area contributed by atoms with E-state index in [1.807, 2.05) is 0 Å². The van der Waals surface area contributed by atoms with Gasteiger partial charge < -0.3 is 10.1 Å². The highest BCUT2D eigenvalue weighted by atomic mass is 19.1. The van der Waals surface area contributed by atoms with E-state index in [-0.39, 0.29) is 5.56 Å². The van der Waals surface area contributed by atoms with Crippen LogP contribution in [0, 0.1) is 5.82 Å². The highest BCUT2D eigenvalue weighted by molar-refractivity contribution is 5.90. The summed E-state index contributed by atoms with van der Waals surface area (Å²) in [5.74, 6) is -0.584. The Hall–Kier alpha value is -1.46. The van der Waals surface area contributed by atoms with Gasteiger partial charge in [-0.05, 0) is 62.8 Å². The summed E-state index contributed by atoms with van der Waals surface area (Å²) in [5.41, 5.74) is 1.58. The summed E-state index contributed by atoms with van der Waals surface area (Å²) >= 11 is 0. The van der Waals surface area contributed by atoms with Crippen LogP contribution in [0.3, 0.4) is 0 Å². The maximum atomic E-state index is 14.6. The Labute approximate surface area is 143 Å². The van der Waals surface area contributed by atoms with Crippen molar-refractivity contribution in [2.45, 2.75) is 51.7 Å². The van der Waals surface area contributed by atoms with Crippen LogP contribution >= 0.6 is 0 Å². The normalized spacial score (nSPS) is 19.3. The van der Waals surface area contributed by atoms with Gasteiger partial charge in [-0.25, -0.2) is 9.18 Å². The third kappa shape index (κ3) is 4.33. The zero-order chi connectivity index (χ0) is 17.3. The first-order chi connectivity index (χ1) is 11.3. The lowest BCUT2D eigenvalue weighted by atomic mass is 9.98. The molecule has 1 heterocycles. The van der Waals surface area contributed by atoms with Crippen LogP contribution in [0.1, 0.15) is 61.0 Å². The molecule has 1 saturated carbocycles. The van der Waals surface area contributed by atoms with Gasteiger partial charge in [-0.2, -0.15) is 0 Å². The molecule has 1 aliphatic heterocycles. The molecule has 1 aromatic carbocycles. The van der Waals surface area contributed by atoms with E-state index in [1.54, 1.807) is 32.9 Å². The quantitative estimate of drug-likeness (QED) is 0.859. The Morgan fingerprint density at radius 1 is 1.29 bits per heavy atom. The van der Waals surface area contributed by atoms with Crippen molar-refractivity contribution in [2.75, 3.05) is 26.2 Å². The molecule has 0 bridgehead atoms. The zero-order valence-corrected chi connectivity index (χ0v) is 14.8. The first-order valence-electron chi connectivity index (χ1n) is 8.82. The van der Waals surface area contributed by atoms with E-state index in [2.05, 4.69) is 10.2 Å². The fourth-order valence-corrected chi connectivity index (χ4v) is 3.14. The fraction of sp³-hybridized carbons (Fsp3) is 0.632. The molecule has 0 radical (unpaired) electrons. The van der Waals surface area contributed by atoms with Gasteiger partial charge in [-0.1, -0.05) is 0 Å². The Morgan fingerprint density at radius 2 is 1.96 bits per heavy atom. The molecule has 2 fully saturated rings. The zero-order valence-electron chi connectivity index (χ0n) is 14.8. The smallest absolute Gasteiger partial charge is 0.341 e. The molecule has 5 heteroatoms. The molecule has 24 heavy (non-hydrogen) atoms. The van der Waals surface area contributed by atoms with E-state index >= 15 is 0 Å². The first-order valence-corrected chi connectivity index (χ1v) is 8.82. The average molecular weight is 334 g/mol. The van der Waals surface area contributed by atoms with Crippen LogP contribution in [0.5, 0.6) is 0 Å². The third-order valence-corrected chi connectivity index (χ3v) is 4.47. The Balaban J connectivity index is 1.85. The highest BCUT2D eigenvalue weighted by Crippen LogP contribution is 2.43. The number of benzene rings is 1. The number of piperazine rings is 1. The van der Waals surface area contributed by atoms with E-state index < -0.39 is 17.4 Å². The van der Waals surface area contributed by atoms with E-state index in [9.17, 15) is 9.18 Å². The topological polar surface area (TPSA) is 41.6 Å². The fourth-order valence-electron chi connectivity index (χ4n) is 3.14. The summed E-state index contributed by atoms with van der Waals surface area (Å²) in [6.45, 7) is 10.0. The number of esters is 1. The van der Waals surface area contributed by atoms with Crippen molar-refractivity contribution in [2.24, 2.45) is 0 Å². The van der Waals surface area contributed by atoms with Crippen LogP contribution in [0.15, 0.2) is 12.1 Å². The largest absolute Gasteiger partial charge is 0.456 e. The molecule has 0 amide bonds. The lowest BCUT2D eigenvalue weighted by Gasteiger charge is -2.28. The molecule has 1 aromatic rings. The second kappa shape index (κ2) is 6.81. The second-order valence-electron chi connectivity index (χ2n) is 7.83. The van der Waals surface area contributed by atoms with Crippen molar-refractivity contribution in [1.82, 2.24) is 10.2 Å². The number of halogens is 1. The number of carbonyl (C=O) groups excluding carboxylic acids is 1. The summed E-state index contributed by atoms with van der Waals surface area (Å²) in [5, 5.41) is 3.33. The minimum atomic E-state index is -0.622. The molecule has 1 aliphatic carbocycles. The van der Waals surface area contributed by atoms with Gasteiger partial charge in [0, 0.05) is 32.7 Å². The molecule has 3 rings (SSSR count). The van der Waals surface area contributed by atoms with Gasteiger partial charge in [0.25, 0.3) is 0 Å².